The van der Waals surface area contributed by atoms with Gasteiger partial charge in [0.1, 0.15) is 11.2 Å². The molecule has 2 nitrogen and oxygen atoms in total. The molecule has 0 aliphatic heterocycles. The van der Waals surface area contributed by atoms with Crippen LogP contribution in [0, 0.1) is 0 Å². The molecule has 6 rings (SSSR count). The molecular weight excluding hydrogens is 378 g/mol. The molecule has 0 aliphatic carbocycles. The van der Waals surface area contributed by atoms with Gasteiger partial charge in [0.05, 0.1) is 5.69 Å². The number of nitrogens with zero attached hydrogens (tertiary/aromatic N) is 1. The summed E-state index contributed by atoms with van der Waals surface area (Å²) in [6.07, 6.45) is 1.87. The maximum atomic E-state index is 6.41. The van der Waals surface area contributed by atoms with E-state index >= 15 is 0 Å². The van der Waals surface area contributed by atoms with Gasteiger partial charge in [-0.25, -0.2) is 0 Å². The van der Waals surface area contributed by atoms with Gasteiger partial charge in [-0.2, -0.15) is 0 Å². The van der Waals surface area contributed by atoms with Crippen molar-refractivity contribution in [3.05, 3.63) is 115 Å². The Labute approximate surface area is 180 Å². The summed E-state index contributed by atoms with van der Waals surface area (Å²) in [5.41, 5.74) is 8.34. The quantitative estimate of drug-likeness (QED) is 0.302. The lowest BCUT2D eigenvalue weighted by Gasteiger charge is -2.09. The molecule has 0 unspecified atom stereocenters. The second kappa shape index (κ2) is 7.26. The molecule has 0 saturated heterocycles. The van der Waals surface area contributed by atoms with Crippen molar-refractivity contribution in [3.8, 4) is 33.5 Å². The number of fused-ring (bicyclic) bond motifs is 3. The standard InChI is InChI=1S/C29H19NO/c1-3-9-20(10-4-1)22-17-18-30-26(19-22)24-16-15-23(21-11-5-2-6-12-21)28-25-13-7-8-14-27(25)31-29(24)28/h1-19H. The first-order chi connectivity index (χ1) is 15.4. The second-order valence-electron chi connectivity index (χ2n) is 7.62. The third-order valence-electron chi connectivity index (χ3n) is 5.75. The van der Waals surface area contributed by atoms with Crippen molar-refractivity contribution < 1.29 is 4.42 Å². The average molecular weight is 397 g/mol. The van der Waals surface area contributed by atoms with Crippen molar-refractivity contribution in [1.29, 1.82) is 0 Å². The predicted molar refractivity (Wildman–Crippen MR) is 128 cm³/mol. The highest BCUT2D eigenvalue weighted by Gasteiger charge is 2.17. The summed E-state index contributed by atoms with van der Waals surface area (Å²) in [4.78, 5) is 4.70. The largest absolute Gasteiger partial charge is 0.455 e. The number of furan rings is 1. The van der Waals surface area contributed by atoms with Crippen molar-refractivity contribution in [3.63, 3.8) is 0 Å². The predicted octanol–water partition coefficient (Wildman–Crippen LogP) is 7.98. The third kappa shape index (κ3) is 3.01. The van der Waals surface area contributed by atoms with Crippen LogP contribution in [0.15, 0.2) is 120 Å². The monoisotopic (exact) mass is 397 g/mol. The molecule has 6 aromatic rings. The highest BCUT2D eigenvalue weighted by molar-refractivity contribution is 6.16. The summed E-state index contributed by atoms with van der Waals surface area (Å²) in [7, 11) is 0. The number of benzene rings is 4. The minimum Gasteiger partial charge on any atom is -0.455 e. The first kappa shape index (κ1) is 17.7. The summed E-state index contributed by atoms with van der Waals surface area (Å²) in [5, 5.41) is 2.25. The molecule has 0 atom stereocenters. The van der Waals surface area contributed by atoms with E-state index in [0.29, 0.717) is 0 Å². The summed E-state index contributed by atoms with van der Waals surface area (Å²) in [5.74, 6) is 0. The Morgan fingerprint density at radius 3 is 2.03 bits per heavy atom. The Balaban J connectivity index is 1.63. The molecule has 0 radical (unpaired) electrons. The maximum absolute atomic E-state index is 6.41. The lowest BCUT2D eigenvalue weighted by molar-refractivity contribution is 0.670. The summed E-state index contributed by atoms with van der Waals surface area (Å²) < 4.78 is 6.41. The molecule has 146 valence electrons. The van der Waals surface area contributed by atoms with Crippen molar-refractivity contribution >= 4 is 21.9 Å². The molecule has 2 heteroatoms. The minimum atomic E-state index is 0.875. The Hall–Kier alpha value is -4.17. The van der Waals surface area contributed by atoms with Crippen molar-refractivity contribution in [2.45, 2.75) is 0 Å². The van der Waals surface area contributed by atoms with Crippen LogP contribution in [0.4, 0.5) is 0 Å². The maximum Gasteiger partial charge on any atom is 0.145 e. The van der Waals surface area contributed by atoms with E-state index in [1.165, 1.54) is 16.7 Å². The molecule has 31 heavy (non-hydrogen) atoms. The van der Waals surface area contributed by atoms with E-state index in [0.717, 1.165) is 38.8 Å². The van der Waals surface area contributed by atoms with E-state index in [1.807, 2.05) is 36.5 Å². The molecular formula is C29H19NO. The molecule has 2 heterocycles. The van der Waals surface area contributed by atoms with Gasteiger partial charge in [0.25, 0.3) is 0 Å². The second-order valence-corrected chi connectivity index (χ2v) is 7.62. The summed E-state index contributed by atoms with van der Waals surface area (Å²) >= 11 is 0. The van der Waals surface area contributed by atoms with Gasteiger partial charge in [-0.3, -0.25) is 4.98 Å². The zero-order valence-electron chi connectivity index (χ0n) is 16.8. The van der Waals surface area contributed by atoms with E-state index < -0.39 is 0 Å². The van der Waals surface area contributed by atoms with Crippen LogP contribution in [0.5, 0.6) is 0 Å². The molecule has 2 aromatic heterocycles. The highest BCUT2D eigenvalue weighted by Crippen LogP contribution is 2.41. The van der Waals surface area contributed by atoms with Gasteiger partial charge >= 0.3 is 0 Å². The Kier molecular flexibility index (Phi) is 4.14. The van der Waals surface area contributed by atoms with Crippen LogP contribution in [0.2, 0.25) is 0 Å². The Morgan fingerprint density at radius 1 is 0.548 bits per heavy atom. The van der Waals surface area contributed by atoms with E-state index in [4.69, 9.17) is 9.40 Å². The summed E-state index contributed by atoms with van der Waals surface area (Å²) in [6.45, 7) is 0. The minimum absolute atomic E-state index is 0.875. The molecule has 0 aliphatic rings. The van der Waals surface area contributed by atoms with Crippen LogP contribution < -0.4 is 0 Å². The normalized spacial score (nSPS) is 11.2. The zero-order chi connectivity index (χ0) is 20.6. The topological polar surface area (TPSA) is 26.0 Å². The number of pyridine rings is 1. The van der Waals surface area contributed by atoms with E-state index in [2.05, 4.69) is 78.9 Å². The van der Waals surface area contributed by atoms with Crippen LogP contribution in [0.3, 0.4) is 0 Å². The zero-order valence-corrected chi connectivity index (χ0v) is 16.8. The van der Waals surface area contributed by atoms with Crippen LogP contribution in [-0.2, 0) is 0 Å². The van der Waals surface area contributed by atoms with Crippen molar-refractivity contribution in [2.75, 3.05) is 0 Å². The molecule has 0 fully saturated rings. The van der Waals surface area contributed by atoms with Gasteiger partial charge in [-0.15, -0.1) is 0 Å². The van der Waals surface area contributed by atoms with Crippen molar-refractivity contribution in [1.82, 2.24) is 4.98 Å². The smallest absolute Gasteiger partial charge is 0.145 e. The lowest BCUT2D eigenvalue weighted by Crippen LogP contribution is -1.88. The van der Waals surface area contributed by atoms with Gasteiger partial charge in [-0.1, -0.05) is 84.9 Å². The number of hydrogen-bond donors (Lipinski definition) is 0. The van der Waals surface area contributed by atoms with Crippen molar-refractivity contribution in [2.24, 2.45) is 0 Å². The first-order valence-corrected chi connectivity index (χ1v) is 10.4. The SMILES string of the molecule is c1ccc(-c2ccnc(-c3ccc(-c4ccccc4)c4c3oc3ccccc34)c2)cc1. The summed E-state index contributed by atoms with van der Waals surface area (Å²) in [6, 6.07) is 37.6. The van der Waals surface area contributed by atoms with E-state index in [1.54, 1.807) is 0 Å². The lowest BCUT2D eigenvalue weighted by atomic mass is 9.95. The van der Waals surface area contributed by atoms with E-state index in [9.17, 15) is 0 Å². The number of aromatic nitrogens is 1. The van der Waals surface area contributed by atoms with Crippen LogP contribution in [0.1, 0.15) is 0 Å². The highest BCUT2D eigenvalue weighted by atomic mass is 16.3. The number of para-hydroxylation sites is 1. The first-order valence-electron chi connectivity index (χ1n) is 10.4. The van der Waals surface area contributed by atoms with Gasteiger partial charge in [0.2, 0.25) is 0 Å². The van der Waals surface area contributed by atoms with Gasteiger partial charge < -0.3 is 4.42 Å². The fraction of sp³-hybridized carbons (Fsp3) is 0. The Bertz CT molecular complexity index is 1510. The van der Waals surface area contributed by atoms with Gasteiger partial charge in [0, 0.05) is 22.5 Å². The fourth-order valence-electron chi connectivity index (χ4n) is 4.28. The molecule has 0 amide bonds. The molecule has 0 bridgehead atoms. The van der Waals surface area contributed by atoms with Crippen LogP contribution in [0.25, 0.3) is 55.4 Å². The molecule has 0 N–H and O–H groups in total. The fourth-order valence-corrected chi connectivity index (χ4v) is 4.28. The van der Waals surface area contributed by atoms with Crippen LogP contribution >= 0.6 is 0 Å². The van der Waals surface area contributed by atoms with E-state index in [-0.39, 0.29) is 0 Å². The Morgan fingerprint density at radius 2 is 1.23 bits per heavy atom. The molecule has 0 saturated carbocycles. The van der Waals surface area contributed by atoms with Gasteiger partial charge in [0.15, 0.2) is 0 Å². The third-order valence-corrected chi connectivity index (χ3v) is 5.75. The number of hydrogen-bond acceptors (Lipinski definition) is 2. The molecule has 0 spiro atoms. The average Bonchev–Trinajstić information content (AvgIpc) is 3.24. The van der Waals surface area contributed by atoms with Gasteiger partial charge in [-0.05, 0) is 46.5 Å². The van der Waals surface area contributed by atoms with Crippen LogP contribution in [-0.4, -0.2) is 4.98 Å². The number of rotatable bonds is 3. The molecule has 4 aromatic carbocycles.